The minimum atomic E-state index is -0.300. The molecular weight excluding hydrogens is 204 g/mol. The molecule has 0 aliphatic heterocycles. The van der Waals surface area contributed by atoms with E-state index in [1.807, 2.05) is 19.9 Å². The number of aryl methyl sites for hydroxylation is 1. The van der Waals surface area contributed by atoms with Crippen LogP contribution in [0.4, 0.5) is 10.5 Å². The Balaban J connectivity index is 2.98. The number of nitrogens with zero attached hydrogens (tertiary/aromatic N) is 2. The summed E-state index contributed by atoms with van der Waals surface area (Å²) < 4.78 is 5.02. The van der Waals surface area contributed by atoms with Crippen LogP contribution in [-0.2, 0) is 11.2 Å². The van der Waals surface area contributed by atoms with Crippen LogP contribution in [0.15, 0.2) is 18.5 Å². The lowest BCUT2D eigenvalue weighted by atomic mass is 10.2. The molecule has 0 N–H and O–H groups in total. The second-order valence-electron chi connectivity index (χ2n) is 3.30. The third-order valence-corrected chi connectivity index (χ3v) is 2.35. The van der Waals surface area contributed by atoms with Crippen molar-refractivity contribution in [3.05, 3.63) is 24.0 Å². The fourth-order valence-electron chi connectivity index (χ4n) is 1.55. The summed E-state index contributed by atoms with van der Waals surface area (Å²) >= 11 is 0. The van der Waals surface area contributed by atoms with Gasteiger partial charge in [0.2, 0.25) is 0 Å². The number of anilines is 1. The van der Waals surface area contributed by atoms with Crippen molar-refractivity contribution in [1.82, 2.24) is 4.98 Å². The van der Waals surface area contributed by atoms with Gasteiger partial charge in [0.1, 0.15) is 0 Å². The van der Waals surface area contributed by atoms with Gasteiger partial charge in [-0.2, -0.15) is 0 Å². The molecule has 1 heterocycles. The van der Waals surface area contributed by atoms with Crippen molar-refractivity contribution in [1.29, 1.82) is 0 Å². The first-order valence-corrected chi connectivity index (χ1v) is 5.61. The predicted octanol–water partition coefficient (Wildman–Crippen LogP) is 2.63. The van der Waals surface area contributed by atoms with Gasteiger partial charge in [-0.1, -0.05) is 6.92 Å². The number of hydrogen-bond donors (Lipinski definition) is 0. The number of amides is 1. The number of ether oxygens (including phenoxy) is 1. The predicted molar refractivity (Wildman–Crippen MR) is 63.7 cm³/mol. The lowest BCUT2D eigenvalue weighted by molar-refractivity contribution is 0.160. The second kappa shape index (κ2) is 6.10. The highest BCUT2D eigenvalue weighted by molar-refractivity contribution is 5.88. The molecule has 0 fully saturated rings. The molecular formula is C12H18N2O2. The summed E-state index contributed by atoms with van der Waals surface area (Å²) in [7, 11) is 0. The summed E-state index contributed by atoms with van der Waals surface area (Å²) in [5.41, 5.74) is 1.94. The van der Waals surface area contributed by atoms with Gasteiger partial charge < -0.3 is 4.74 Å². The van der Waals surface area contributed by atoms with Crippen LogP contribution in [-0.4, -0.2) is 24.2 Å². The number of hydrogen-bond acceptors (Lipinski definition) is 3. The molecule has 0 saturated heterocycles. The third kappa shape index (κ3) is 2.72. The topological polar surface area (TPSA) is 42.4 Å². The van der Waals surface area contributed by atoms with Crippen LogP contribution < -0.4 is 4.90 Å². The van der Waals surface area contributed by atoms with Crippen LogP contribution in [0.25, 0.3) is 0 Å². The maximum atomic E-state index is 11.7. The van der Waals surface area contributed by atoms with E-state index in [1.165, 1.54) is 0 Å². The summed E-state index contributed by atoms with van der Waals surface area (Å²) in [6.45, 7) is 6.76. The molecule has 0 bridgehead atoms. The van der Waals surface area contributed by atoms with Crippen molar-refractivity contribution >= 4 is 11.8 Å². The molecule has 0 spiro atoms. The Labute approximate surface area is 96.2 Å². The summed E-state index contributed by atoms with van der Waals surface area (Å²) in [5.74, 6) is 0. The summed E-state index contributed by atoms with van der Waals surface area (Å²) in [5, 5.41) is 0. The summed E-state index contributed by atoms with van der Waals surface area (Å²) in [6.07, 6.45) is 4.03. The molecule has 0 unspecified atom stereocenters. The van der Waals surface area contributed by atoms with Gasteiger partial charge in [0, 0.05) is 18.9 Å². The van der Waals surface area contributed by atoms with E-state index in [1.54, 1.807) is 24.2 Å². The average molecular weight is 222 g/mol. The van der Waals surface area contributed by atoms with Crippen LogP contribution in [0.2, 0.25) is 0 Å². The van der Waals surface area contributed by atoms with E-state index in [0.29, 0.717) is 13.2 Å². The van der Waals surface area contributed by atoms with Gasteiger partial charge in [-0.3, -0.25) is 9.88 Å². The van der Waals surface area contributed by atoms with Crippen molar-refractivity contribution in [3.63, 3.8) is 0 Å². The van der Waals surface area contributed by atoms with Crippen LogP contribution >= 0.6 is 0 Å². The highest BCUT2D eigenvalue weighted by Crippen LogP contribution is 2.20. The summed E-state index contributed by atoms with van der Waals surface area (Å²) in [6, 6.07) is 1.85. The largest absolute Gasteiger partial charge is 0.449 e. The van der Waals surface area contributed by atoms with Gasteiger partial charge in [-0.25, -0.2) is 4.79 Å². The lowest BCUT2D eigenvalue weighted by Crippen LogP contribution is -2.32. The standard InChI is InChI=1S/C12H18N2O2/c1-4-10-9-13-8-7-11(10)14(5-2)12(15)16-6-3/h7-9H,4-6H2,1-3H3. The Morgan fingerprint density at radius 2 is 2.19 bits per heavy atom. The number of carbonyl (C=O) groups excluding carboxylic acids is 1. The first-order chi connectivity index (χ1) is 7.74. The van der Waals surface area contributed by atoms with E-state index in [2.05, 4.69) is 4.98 Å². The van der Waals surface area contributed by atoms with E-state index in [4.69, 9.17) is 4.74 Å². The van der Waals surface area contributed by atoms with E-state index < -0.39 is 0 Å². The Morgan fingerprint density at radius 1 is 1.44 bits per heavy atom. The zero-order chi connectivity index (χ0) is 12.0. The van der Waals surface area contributed by atoms with Crippen molar-refractivity contribution in [2.75, 3.05) is 18.1 Å². The number of aromatic nitrogens is 1. The Morgan fingerprint density at radius 3 is 2.75 bits per heavy atom. The lowest BCUT2D eigenvalue weighted by Gasteiger charge is -2.22. The molecule has 0 radical (unpaired) electrons. The Kier molecular flexibility index (Phi) is 4.76. The normalized spacial score (nSPS) is 9.94. The second-order valence-corrected chi connectivity index (χ2v) is 3.30. The molecule has 0 aliphatic carbocycles. The fourth-order valence-corrected chi connectivity index (χ4v) is 1.55. The third-order valence-electron chi connectivity index (χ3n) is 2.35. The smallest absolute Gasteiger partial charge is 0.414 e. The van der Waals surface area contributed by atoms with Crippen molar-refractivity contribution in [3.8, 4) is 0 Å². The Hall–Kier alpha value is -1.58. The molecule has 1 aromatic rings. The molecule has 1 rings (SSSR count). The molecule has 1 aromatic heterocycles. The number of carbonyl (C=O) groups is 1. The maximum absolute atomic E-state index is 11.7. The van der Waals surface area contributed by atoms with Gasteiger partial charge in [0.25, 0.3) is 0 Å². The van der Waals surface area contributed by atoms with E-state index >= 15 is 0 Å². The SMILES string of the molecule is CCOC(=O)N(CC)c1ccncc1CC. The van der Waals surface area contributed by atoms with Gasteiger partial charge in [-0.05, 0) is 31.9 Å². The molecule has 88 valence electrons. The zero-order valence-corrected chi connectivity index (χ0v) is 10.1. The summed E-state index contributed by atoms with van der Waals surface area (Å²) in [4.78, 5) is 17.4. The highest BCUT2D eigenvalue weighted by Gasteiger charge is 2.17. The molecule has 0 aromatic carbocycles. The van der Waals surface area contributed by atoms with E-state index in [0.717, 1.165) is 17.7 Å². The first-order valence-electron chi connectivity index (χ1n) is 5.61. The molecule has 0 aliphatic rings. The molecule has 4 heteroatoms. The van der Waals surface area contributed by atoms with Crippen LogP contribution in [0.3, 0.4) is 0 Å². The minimum absolute atomic E-state index is 0.300. The molecule has 4 nitrogen and oxygen atoms in total. The molecule has 0 atom stereocenters. The maximum Gasteiger partial charge on any atom is 0.414 e. The van der Waals surface area contributed by atoms with Gasteiger partial charge in [0.05, 0.1) is 12.3 Å². The molecule has 16 heavy (non-hydrogen) atoms. The fraction of sp³-hybridized carbons (Fsp3) is 0.500. The Bertz CT molecular complexity index is 353. The van der Waals surface area contributed by atoms with Crippen LogP contribution in [0.1, 0.15) is 26.3 Å². The average Bonchev–Trinajstić information content (AvgIpc) is 2.31. The van der Waals surface area contributed by atoms with Crippen molar-refractivity contribution < 1.29 is 9.53 Å². The highest BCUT2D eigenvalue weighted by atomic mass is 16.6. The van der Waals surface area contributed by atoms with Gasteiger partial charge in [-0.15, -0.1) is 0 Å². The first kappa shape index (κ1) is 12.5. The van der Waals surface area contributed by atoms with Crippen molar-refractivity contribution in [2.45, 2.75) is 27.2 Å². The zero-order valence-electron chi connectivity index (χ0n) is 10.1. The van der Waals surface area contributed by atoms with Gasteiger partial charge in [0.15, 0.2) is 0 Å². The molecule has 1 amide bonds. The monoisotopic (exact) mass is 222 g/mol. The van der Waals surface area contributed by atoms with Crippen LogP contribution in [0, 0.1) is 0 Å². The van der Waals surface area contributed by atoms with Crippen LogP contribution in [0.5, 0.6) is 0 Å². The quantitative estimate of drug-likeness (QED) is 0.786. The van der Waals surface area contributed by atoms with E-state index in [9.17, 15) is 4.79 Å². The number of pyridine rings is 1. The van der Waals surface area contributed by atoms with Crippen molar-refractivity contribution in [2.24, 2.45) is 0 Å². The van der Waals surface area contributed by atoms with E-state index in [-0.39, 0.29) is 6.09 Å². The van der Waals surface area contributed by atoms with Gasteiger partial charge >= 0.3 is 6.09 Å². The molecule has 0 saturated carbocycles. The number of rotatable bonds is 4. The minimum Gasteiger partial charge on any atom is -0.449 e.